The molecule has 1 aliphatic carbocycles. The number of carbonyl (C=O) groups excluding carboxylic acids is 1. The molecule has 2 nitrogen and oxygen atoms in total. The van der Waals surface area contributed by atoms with Crippen LogP contribution in [-0.4, -0.2) is 18.9 Å². The van der Waals surface area contributed by atoms with Crippen LogP contribution in [0.4, 0.5) is 0 Å². The highest BCUT2D eigenvalue weighted by molar-refractivity contribution is 5.86. The van der Waals surface area contributed by atoms with Gasteiger partial charge in [-0.3, -0.25) is 4.79 Å². The van der Waals surface area contributed by atoms with Crippen LogP contribution in [0.2, 0.25) is 0 Å². The van der Waals surface area contributed by atoms with Gasteiger partial charge in [-0.25, -0.2) is 0 Å². The third-order valence-electron chi connectivity index (χ3n) is 2.50. The second kappa shape index (κ2) is 2.89. The zero-order valence-corrected chi connectivity index (χ0v) is 6.62. The van der Waals surface area contributed by atoms with Gasteiger partial charge in [0.2, 0.25) is 0 Å². The van der Waals surface area contributed by atoms with E-state index in [-0.39, 0.29) is 12.4 Å². The van der Waals surface area contributed by atoms with Gasteiger partial charge in [-0.15, -0.1) is 12.4 Å². The average molecular weight is 162 g/mol. The third kappa shape index (κ3) is 1.06. The lowest BCUT2D eigenvalue weighted by molar-refractivity contribution is -0.132. The van der Waals surface area contributed by atoms with Crippen LogP contribution in [0.3, 0.4) is 0 Å². The van der Waals surface area contributed by atoms with E-state index in [4.69, 9.17) is 0 Å². The molecule has 58 valence electrons. The van der Waals surface area contributed by atoms with Gasteiger partial charge in [0.05, 0.1) is 0 Å². The lowest BCUT2D eigenvalue weighted by atomic mass is 9.72. The van der Waals surface area contributed by atoms with Gasteiger partial charge < -0.3 is 5.32 Å². The topological polar surface area (TPSA) is 29.1 Å². The summed E-state index contributed by atoms with van der Waals surface area (Å²) in [4.78, 5) is 10.8. The fourth-order valence-corrected chi connectivity index (χ4v) is 1.52. The third-order valence-corrected chi connectivity index (χ3v) is 2.50. The highest BCUT2D eigenvalue weighted by Crippen LogP contribution is 2.31. The molecule has 1 aliphatic heterocycles. The predicted molar refractivity (Wildman–Crippen MR) is 41.3 cm³/mol. The first-order valence-electron chi connectivity index (χ1n) is 3.61. The minimum Gasteiger partial charge on any atom is -0.316 e. The van der Waals surface area contributed by atoms with Crippen molar-refractivity contribution in [1.82, 2.24) is 5.32 Å². The average Bonchev–Trinajstić information content (AvgIpc) is 1.74. The Bertz CT molecular complexity index is 145. The summed E-state index contributed by atoms with van der Waals surface area (Å²) in [5, 5.41) is 3.18. The van der Waals surface area contributed by atoms with Crippen molar-refractivity contribution >= 4 is 18.2 Å². The molecule has 1 saturated heterocycles. The van der Waals surface area contributed by atoms with Crippen LogP contribution < -0.4 is 5.32 Å². The molecular weight excluding hydrogens is 150 g/mol. The summed E-state index contributed by atoms with van der Waals surface area (Å²) >= 11 is 0. The summed E-state index contributed by atoms with van der Waals surface area (Å²) in [6, 6.07) is 0. The zero-order chi connectivity index (χ0) is 6.27. The van der Waals surface area contributed by atoms with Gasteiger partial charge in [0, 0.05) is 12.3 Å². The number of halogens is 1. The van der Waals surface area contributed by atoms with Crippen LogP contribution >= 0.6 is 12.4 Å². The molecule has 0 spiro atoms. The van der Waals surface area contributed by atoms with Gasteiger partial charge in [-0.1, -0.05) is 0 Å². The molecule has 2 fully saturated rings. The van der Waals surface area contributed by atoms with E-state index in [0.717, 1.165) is 25.9 Å². The van der Waals surface area contributed by atoms with E-state index in [2.05, 4.69) is 5.32 Å². The van der Waals surface area contributed by atoms with Crippen LogP contribution in [0.25, 0.3) is 0 Å². The minimum absolute atomic E-state index is 0. The Kier molecular flexibility index (Phi) is 2.32. The Morgan fingerprint density at radius 1 is 1.40 bits per heavy atom. The van der Waals surface area contributed by atoms with Crippen LogP contribution in [0, 0.1) is 11.8 Å². The van der Waals surface area contributed by atoms with Crippen molar-refractivity contribution < 1.29 is 4.79 Å². The quantitative estimate of drug-likeness (QED) is 0.611. The fourth-order valence-electron chi connectivity index (χ4n) is 1.52. The smallest absolute Gasteiger partial charge is 0.136 e. The number of hydrogen-bond donors (Lipinski definition) is 1. The summed E-state index contributed by atoms with van der Waals surface area (Å²) in [6.07, 6.45) is 2.01. The molecule has 2 aliphatic rings. The van der Waals surface area contributed by atoms with Crippen LogP contribution in [-0.2, 0) is 4.79 Å². The number of ketones is 1. The molecule has 0 aromatic rings. The van der Waals surface area contributed by atoms with Crippen LogP contribution in [0.5, 0.6) is 0 Å². The van der Waals surface area contributed by atoms with Crippen molar-refractivity contribution in [2.75, 3.05) is 13.1 Å². The van der Waals surface area contributed by atoms with E-state index in [1.807, 2.05) is 0 Å². The summed E-state index contributed by atoms with van der Waals surface area (Å²) in [6.45, 7) is 2.16. The van der Waals surface area contributed by atoms with Crippen LogP contribution in [0.15, 0.2) is 0 Å². The molecule has 0 aromatic carbocycles. The summed E-state index contributed by atoms with van der Waals surface area (Å²) in [5.41, 5.74) is 0. The largest absolute Gasteiger partial charge is 0.316 e. The van der Waals surface area contributed by atoms with Gasteiger partial charge in [0.1, 0.15) is 5.78 Å². The van der Waals surface area contributed by atoms with E-state index >= 15 is 0 Å². The van der Waals surface area contributed by atoms with Gasteiger partial charge in [-0.05, 0) is 25.4 Å². The minimum atomic E-state index is 0. The molecule has 0 radical (unpaired) electrons. The Hall–Kier alpha value is -0.0800. The maximum Gasteiger partial charge on any atom is 0.136 e. The second-order valence-corrected chi connectivity index (χ2v) is 3.03. The molecule has 10 heavy (non-hydrogen) atoms. The number of hydrogen-bond acceptors (Lipinski definition) is 2. The molecule has 1 heterocycles. The van der Waals surface area contributed by atoms with Crippen molar-refractivity contribution in [3.63, 3.8) is 0 Å². The van der Waals surface area contributed by atoms with Gasteiger partial charge in [-0.2, -0.15) is 0 Å². The molecule has 2 rings (SSSR count). The summed E-state index contributed by atoms with van der Waals surface area (Å²) in [7, 11) is 0. The Morgan fingerprint density at radius 2 is 2.10 bits per heavy atom. The molecule has 1 unspecified atom stereocenters. The van der Waals surface area contributed by atoms with Crippen molar-refractivity contribution in [3.8, 4) is 0 Å². The molecule has 0 aromatic heterocycles. The molecule has 3 heteroatoms. The number of nitrogens with one attached hydrogen (secondary N) is 1. The Balaban J connectivity index is 0.000000500. The zero-order valence-electron chi connectivity index (χ0n) is 5.80. The van der Waals surface area contributed by atoms with Crippen molar-refractivity contribution in [3.05, 3.63) is 0 Å². The van der Waals surface area contributed by atoms with E-state index in [1.54, 1.807) is 0 Å². The first kappa shape index (κ1) is 8.02. The maximum atomic E-state index is 10.8. The van der Waals surface area contributed by atoms with Gasteiger partial charge in [0.25, 0.3) is 0 Å². The van der Waals surface area contributed by atoms with E-state index < -0.39 is 0 Å². The summed E-state index contributed by atoms with van der Waals surface area (Å²) < 4.78 is 0. The van der Waals surface area contributed by atoms with Gasteiger partial charge >= 0.3 is 0 Å². The van der Waals surface area contributed by atoms with Gasteiger partial charge in [0.15, 0.2) is 0 Å². The van der Waals surface area contributed by atoms with Crippen LogP contribution in [0.1, 0.15) is 12.8 Å². The van der Waals surface area contributed by atoms with E-state index in [1.165, 1.54) is 0 Å². The predicted octanol–water partition coefficient (Wildman–Crippen LogP) is 0.607. The molecule has 1 N–H and O–H groups in total. The first-order valence-corrected chi connectivity index (χ1v) is 3.61. The molecular formula is C7H12ClNO. The molecule has 0 amide bonds. The Morgan fingerprint density at radius 3 is 2.20 bits per heavy atom. The van der Waals surface area contributed by atoms with E-state index in [9.17, 15) is 4.79 Å². The van der Waals surface area contributed by atoms with Crippen molar-refractivity contribution in [2.24, 2.45) is 11.8 Å². The molecule has 0 bridgehead atoms. The molecule has 1 saturated carbocycles. The standard InChI is InChI=1S/C7H11NO.ClH/c9-7-2-1-6(7)5-3-8-4-5;/h5-6,8H,1-4H2;1H. The number of rotatable bonds is 1. The maximum absolute atomic E-state index is 10.8. The van der Waals surface area contributed by atoms with E-state index in [0.29, 0.717) is 17.6 Å². The normalized spacial score (nSPS) is 32.0. The summed E-state index contributed by atoms with van der Waals surface area (Å²) in [5.74, 6) is 1.65. The second-order valence-electron chi connectivity index (χ2n) is 3.03. The van der Waals surface area contributed by atoms with Crippen molar-refractivity contribution in [2.45, 2.75) is 12.8 Å². The highest BCUT2D eigenvalue weighted by atomic mass is 35.5. The van der Waals surface area contributed by atoms with Crippen molar-refractivity contribution in [1.29, 1.82) is 0 Å². The monoisotopic (exact) mass is 161 g/mol. The molecule has 1 atom stereocenters. The number of Topliss-reactive ketones (excluding diaryl/α,β-unsaturated/α-hetero) is 1. The number of carbonyl (C=O) groups is 1. The Labute approximate surface area is 66.8 Å². The lowest BCUT2D eigenvalue weighted by Gasteiger charge is -2.38. The highest BCUT2D eigenvalue weighted by Gasteiger charge is 2.37. The SMILES string of the molecule is Cl.O=C1CCC1C1CNC1. The lowest BCUT2D eigenvalue weighted by Crippen LogP contribution is -2.51. The fraction of sp³-hybridized carbons (Fsp3) is 0.857. The first-order chi connectivity index (χ1) is 4.38.